The number of amides is 2. The first-order valence-corrected chi connectivity index (χ1v) is 12.0. The van der Waals surface area contributed by atoms with E-state index >= 15 is 0 Å². The average Bonchev–Trinajstić information content (AvgIpc) is 3.35. The highest BCUT2D eigenvalue weighted by atomic mass is 16.5. The summed E-state index contributed by atoms with van der Waals surface area (Å²) in [7, 11) is 6.15. The van der Waals surface area contributed by atoms with Gasteiger partial charge in [-0.05, 0) is 43.2 Å². The Kier molecular flexibility index (Phi) is 7.91. The summed E-state index contributed by atoms with van der Waals surface area (Å²) in [6, 6.07) is 14.0. The van der Waals surface area contributed by atoms with E-state index in [4.69, 9.17) is 23.4 Å². The number of nitrogens with zero attached hydrogens (tertiary/aromatic N) is 1. The number of anilines is 1. The number of piperidine rings is 1. The number of benzene rings is 2. The quantitative estimate of drug-likeness (QED) is 0.457. The third kappa shape index (κ3) is 5.35. The fourth-order valence-electron chi connectivity index (χ4n) is 4.75. The molecule has 1 aliphatic rings. The largest absolute Gasteiger partial charge is 0.497 e. The van der Waals surface area contributed by atoms with Crippen LogP contribution in [0.3, 0.4) is 0 Å². The Morgan fingerprint density at radius 3 is 2.19 bits per heavy atom. The predicted molar refractivity (Wildman–Crippen MR) is 137 cm³/mol. The second-order valence-corrected chi connectivity index (χ2v) is 8.74. The van der Waals surface area contributed by atoms with E-state index in [9.17, 15) is 9.59 Å². The molecule has 2 heterocycles. The smallest absolute Gasteiger partial charge is 0.227 e. The van der Waals surface area contributed by atoms with Crippen LogP contribution in [0.5, 0.6) is 23.0 Å². The standard InChI is InChI=1S/C28H32N2O7/c1-17-6-9-21(37-17)16-29-28(32)22-12-13-25(31)30(26(22)18-7-10-20(33-2)11-8-18)19-14-23(34-3)27(36-5)24(15-19)35-4/h6-11,14-15,22,26H,12-13,16H2,1-5H3,(H,29,32)/t22-,26-/m0/s1. The van der Waals surface area contributed by atoms with Gasteiger partial charge in [-0.1, -0.05) is 12.1 Å². The Morgan fingerprint density at radius 1 is 0.973 bits per heavy atom. The second kappa shape index (κ2) is 11.3. The maximum atomic E-state index is 13.5. The van der Waals surface area contributed by atoms with Gasteiger partial charge in [-0.3, -0.25) is 9.59 Å². The monoisotopic (exact) mass is 508 g/mol. The molecular weight excluding hydrogens is 476 g/mol. The summed E-state index contributed by atoms with van der Waals surface area (Å²) >= 11 is 0. The minimum atomic E-state index is -0.576. The first kappa shape index (κ1) is 25.9. The molecule has 0 radical (unpaired) electrons. The van der Waals surface area contributed by atoms with Crippen LogP contribution in [-0.2, 0) is 16.1 Å². The molecule has 2 aromatic carbocycles. The SMILES string of the molecule is COc1ccc([C@H]2[C@@H](C(=O)NCc3ccc(C)o3)CCC(=O)N2c2cc(OC)c(OC)c(OC)c2)cc1. The Bertz CT molecular complexity index is 1230. The Morgan fingerprint density at radius 2 is 1.65 bits per heavy atom. The van der Waals surface area contributed by atoms with Gasteiger partial charge in [0.15, 0.2) is 11.5 Å². The van der Waals surface area contributed by atoms with Crippen molar-refractivity contribution in [2.45, 2.75) is 32.4 Å². The molecule has 1 aliphatic heterocycles. The maximum absolute atomic E-state index is 13.5. The van der Waals surface area contributed by atoms with Crippen LogP contribution in [0.15, 0.2) is 52.9 Å². The van der Waals surface area contributed by atoms with Crippen LogP contribution in [0.4, 0.5) is 5.69 Å². The zero-order chi connectivity index (χ0) is 26.5. The molecular formula is C28H32N2O7. The maximum Gasteiger partial charge on any atom is 0.227 e. The van der Waals surface area contributed by atoms with Crippen molar-refractivity contribution in [3.05, 3.63) is 65.6 Å². The number of carbonyl (C=O) groups is 2. The highest BCUT2D eigenvalue weighted by Crippen LogP contribution is 2.46. The number of furan rings is 1. The molecule has 0 unspecified atom stereocenters. The number of ether oxygens (including phenoxy) is 4. The van der Waals surface area contributed by atoms with Gasteiger partial charge in [0.1, 0.15) is 17.3 Å². The van der Waals surface area contributed by atoms with Crippen molar-refractivity contribution < 1.29 is 33.0 Å². The molecule has 2 atom stereocenters. The molecule has 9 heteroatoms. The van der Waals surface area contributed by atoms with E-state index in [1.807, 2.05) is 43.3 Å². The van der Waals surface area contributed by atoms with E-state index in [1.54, 1.807) is 24.1 Å². The lowest BCUT2D eigenvalue weighted by atomic mass is 9.83. The highest BCUT2D eigenvalue weighted by Gasteiger charge is 2.42. The van der Waals surface area contributed by atoms with Crippen LogP contribution in [0.25, 0.3) is 0 Å². The van der Waals surface area contributed by atoms with Gasteiger partial charge in [-0.2, -0.15) is 0 Å². The van der Waals surface area contributed by atoms with Crippen molar-refractivity contribution in [3.63, 3.8) is 0 Å². The number of nitrogens with one attached hydrogen (secondary N) is 1. The normalized spacial score (nSPS) is 17.3. The molecule has 196 valence electrons. The Hall–Kier alpha value is -4.14. The van der Waals surface area contributed by atoms with E-state index in [0.29, 0.717) is 40.9 Å². The van der Waals surface area contributed by atoms with Gasteiger partial charge in [0, 0.05) is 18.6 Å². The summed E-state index contributed by atoms with van der Waals surface area (Å²) in [6.07, 6.45) is 0.612. The Balaban J connectivity index is 1.76. The molecule has 0 aliphatic carbocycles. The summed E-state index contributed by atoms with van der Waals surface area (Å²) in [6.45, 7) is 2.11. The molecule has 2 amide bonds. The second-order valence-electron chi connectivity index (χ2n) is 8.74. The number of rotatable bonds is 9. The zero-order valence-electron chi connectivity index (χ0n) is 21.7. The van der Waals surface area contributed by atoms with Crippen LogP contribution in [0.2, 0.25) is 0 Å². The molecule has 1 aromatic heterocycles. The first-order chi connectivity index (χ1) is 17.9. The van der Waals surface area contributed by atoms with Gasteiger partial charge in [-0.25, -0.2) is 0 Å². The molecule has 4 rings (SSSR count). The van der Waals surface area contributed by atoms with Gasteiger partial charge >= 0.3 is 0 Å². The van der Waals surface area contributed by atoms with E-state index in [1.165, 1.54) is 21.3 Å². The number of carbonyl (C=O) groups excluding carboxylic acids is 2. The minimum absolute atomic E-state index is 0.110. The lowest BCUT2D eigenvalue weighted by Gasteiger charge is -2.41. The van der Waals surface area contributed by atoms with Crippen molar-refractivity contribution in [1.82, 2.24) is 5.32 Å². The lowest BCUT2D eigenvalue weighted by molar-refractivity contribution is -0.129. The van der Waals surface area contributed by atoms with E-state index < -0.39 is 12.0 Å². The van der Waals surface area contributed by atoms with Crippen molar-refractivity contribution in [2.75, 3.05) is 33.3 Å². The molecule has 0 saturated carbocycles. The molecule has 9 nitrogen and oxygen atoms in total. The number of hydrogen-bond donors (Lipinski definition) is 1. The molecule has 0 spiro atoms. The van der Waals surface area contributed by atoms with Gasteiger partial charge in [-0.15, -0.1) is 0 Å². The summed E-state index contributed by atoms with van der Waals surface area (Å²) in [5.41, 5.74) is 1.34. The van der Waals surface area contributed by atoms with Crippen molar-refractivity contribution in [2.24, 2.45) is 5.92 Å². The number of aryl methyl sites for hydroxylation is 1. The van der Waals surface area contributed by atoms with Crippen LogP contribution in [-0.4, -0.2) is 40.3 Å². The summed E-state index contributed by atoms with van der Waals surface area (Å²) in [5.74, 6) is 2.58. The predicted octanol–water partition coefficient (Wildman–Crippen LogP) is 4.42. The van der Waals surface area contributed by atoms with Crippen LogP contribution >= 0.6 is 0 Å². The van der Waals surface area contributed by atoms with Crippen LogP contribution < -0.4 is 29.2 Å². The van der Waals surface area contributed by atoms with E-state index in [2.05, 4.69) is 5.32 Å². The van der Waals surface area contributed by atoms with Crippen molar-refractivity contribution >= 4 is 17.5 Å². The number of hydrogen-bond acceptors (Lipinski definition) is 7. The van der Waals surface area contributed by atoms with Gasteiger partial charge in [0.25, 0.3) is 0 Å². The summed E-state index contributed by atoms with van der Waals surface area (Å²) in [4.78, 5) is 28.6. The van der Waals surface area contributed by atoms with E-state index in [-0.39, 0.29) is 24.8 Å². The molecule has 37 heavy (non-hydrogen) atoms. The zero-order valence-corrected chi connectivity index (χ0v) is 21.7. The van der Waals surface area contributed by atoms with Gasteiger partial charge < -0.3 is 33.6 Å². The van der Waals surface area contributed by atoms with Crippen molar-refractivity contribution in [3.8, 4) is 23.0 Å². The molecule has 1 N–H and O–H groups in total. The topological polar surface area (TPSA) is 99.5 Å². The van der Waals surface area contributed by atoms with Crippen molar-refractivity contribution in [1.29, 1.82) is 0 Å². The third-order valence-corrected chi connectivity index (χ3v) is 6.55. The fraction of sp³-hybridized carbons (Fsp3) is 0.357. The van der Waals surface area contributed by atoms with E-state index in [0.717, 1.165) is 11.3 Å². The van der Waals surface area contributed by atoms with Gasteiger partial charge in [0.05, 0.1) is 52.6 Å². The first-order valence-electron chi connectivity index (χ1n) is 12.0. The molecule has 0 bridgehead atoms. The average molecular weight is 509 g/mol. The van der Waals surface area contributed by atoms with Crippen LogP contribution in [0.1, 0.15) is 36.0 Å². The summed E-state index contributed by atoms with van der Waals surface area (Å²) in [5, 5.41) is 2.99. The lowest BCUT2D eigenvalue weighted by Crippen LogP contribution is -2.48. The highest BCUT2D eigenvalue weighted by molar-refractivity contribution is 5.98. The molecule has 1 saturated heterocycles. The summed E-state index contributed by atoms with van der Waals surface area (Å²) < 4.78 is 27.4. The third-order valence-electron chi connectivity index (χ3n) is 6.55. The minimum Gasteiger partial charge on any atom is -0.497 e. The Labute approximate surface area is 216 Å². The van der Waals surface area contributed by atoms with Gasteiger partial charge in [0.2, 0.25) is 17.6 Å². The molecule has 1 fully saturated rings. The molecule has 3 aromatic rings. The fourth-order valence-corrected chi connectivity index (χ4v) is 4.75. The number of methoxy groups -OCH3 is 4. The van der Waals surface area contributed by atoms with Crippen LogP contribution in [0, 0.1) is 12.8 Å².